The van der Waals surface area contributed by atoms with Crippen molar-refractivity contribution in [2.24, 2.45) is 0 Å². The molecule has 0 aliphatic heterocycles. The van der Waals surface area contributed by atoms with Crippen LogP contribution in [0, 0.1) is 0 Å². The van der Waals surface area contributed by atoms with Crippen molar-refractivity contribution in [3.63, 3.8) is 0 Å². The lowest BCUT2D eigenvalue weighted by molar-refractivity contribution is 0.323. The molecule has 1 atom stereocenters. The molecule has 0 aromatic carbocycles. The zero-order chi connectivity index (χ0) is 11.6. The van der Waals surface area contributed by atoms with Gasteiger partial charge in [-0.2, -0.15) is 4.98 Å². The van der Waals surface area contributed by atoms with E-state index in [-0.39, 0.29) is 11.5 Å². The van der Waals surface area contributed by atoms with Crippen molar-refractivity contribution in [2.45, 2.75) is 59.0 Å². The van der Waals surface area contributed by atoms with E-state index < -0.39 is 0 Å². The van der Waals surface area contributed by atoms with E-state index in [0.717, 1.165) is 5.82 Å². The number of hydrogen-bond donors (Lipinski definition) is 1. The standard InChI is InChI=1S/C11H21N3O/c1-7(2)12-8(3)9-13-10(14-15-9)11(4,5)6/h7-8,12H,1-6H3. The SMILES string of the molecule is CC(C)NC(C)c1nc(C(C)(C)C)no1. The third-order valence-electron chi connectivity index (χ3n) is 2.07. The zero-order valence-electron chi connectivity index (χ0n) is 10.5. The zero-order valence-corrected chi connectivity index (χ0v) is 10.5. The van der Waals surface area contributed by atoms with Crippen molar-refractivity contribution in [1.82, 2.24) is 15.5 Å². The second-order valence-corrected chi connectivity index (χ2v) is 5.25. The summed E-state index contributed by atoms with van der Waals surface area (Å²) in [5.41, 5.74) is -0.0562. The molecule has 4 heteroatoms. The van der Waals surface area contributed by atoms with Gasteiger partial charge in [0.2, 0.25) is 5.89 Å². The van der Waals surface area contributed by atoms with Gasteiger partial charge < -0.3 is 9.84 Å². The molecule has 0 bridgehead atoms. The minimum Gasteiger partial charge on any atom is -0.338 e. The van der Waals surface area contributed by atoms with Crippen LogP contribution in [0.15, 0.2) is 4.52 Å². The van der Waals surface area contributed by atoms with Crippen LogP contribution in [-0.4, -0.2) is 16.2 Å². The molecule has 15 heavy (non-hydrogen) atoms. The summed E-state index contributed by atoms with van der Waals surface area (Å²) in [6, 6.07) is 0.513. The number of nitrogens with one attached hydrogen (secondary N) is 1. The first-order valence-electron chi connectivity index (χ1n) is 5.41. The fourth-order valence-corrected chi connectivity index (χ4v) is 1.29. The van der Waals surface area contributed by atoms with E-state index in [2.05, 4.69) is 50.1 Å². The predicted octanol–water partition coefficient (Wildman–Crippen LogP) is 2.43. The van der Waals surface area contributed by atoms with Gasteiger partial charge in [-0.15, -0.1) is 0 Å². The monoisotopic (exact) mass is 211 g/mol. The number of nitrogens with zero attached hydrogens (tertiary/aromatic N) is 2. The van der Waals surface area contributed by atoms with Crippen molar-refractivity contribution in [3.8, 4) is 0 Å². The number of hydrogen-bond acceptors (Lipinski definition) is 4. The first-order valence-corrected chi connectivity index (χ1v) is 5.41. The van der Waals surface area contributed by atoms with Crippen LogP contribution < -0.4 is 5.32 Å². The van der Waals surface area contributed by atoms with Gasteiger partial charge >= 0.3 is 0 Å². The van der Waals surface area contributed by atoms with Crippen LogP contribution >= 0.6 is 0 Å². The van der Waals surface area contributed by atoms with Crippen molar-refractivity contribution in [3.05, 3.63) is 11.7 Å². The minimum atomic E-state index is -0.0562. The Bertz CT molecular complexity index is 312. The van der Waals surface area contributed by atoms with E-state index in [1.54, 1.807) is 0 Å². The average molecular weight is 211 g/mol. The average Bonchev–Trinajstić information content (AvgIpc) is 2.48. The molecule has 0 saturated carbocycles. The van der Waals surface area contributed by atoms with Gasteiger partial charge in [0.25, 0.3) is 0 Å². The van der Waals surface area contributed by atoms with E-state index in [9.17, 15) is 0 Å². The highest BCUT2D eigenvalue weighted by Crippen LogP contribution is 2.20. The van der Waals surface area contributed by atoms with Crippen LogP contribution in [0.25, 0.3) is 0 Å². The Kier molecular flexibility index (Phi) is 3.50. The third kappa shape index (κ3) is 3.30. The molecule has 0 saturated heterocycles. The largest absolute Gasteiger partial charge is 0.338 e. The Morgan fingerprint density at radius 3 is 2.20 bits per heavy atom. The quantitative estimate of drug-likeness (QED) is 0.834. The summed E-state index contributed by atoms with van der Waals surface area (Å²) in [4.78, 5) is 4.39. The van der Waals surface area contributed by atoms with E-state index in [4.69, 9.17) is 4.52 Å². The van der Waals surface area contributed by atoms with Crippen LogP contribution in [0.1, 0.15) is 59.3 Å². The van der Waals surface area contributed by atoms with Crippen LogP contribution in [-0.2, 0) is 5.41 Å². The summed E-state index contributed by atoms with van der Waals surface area (Å²) >= 11 is 0. The van der Waals surface area contributed by atoms with Gasteiger partial charge in [-0.1, -0.05) is 39.8 Å². The fourth-order valence-electron chi connectivity index (χ4n) is 1.29. The normalized spacial score (nSPS) is 14.6. The molecule has 1 rings (SSSR count). The smallest absolute Gasteiger partial charge is 0.243 e. The van der Waals surface area contributed by atoms with E-state index in [1.165, 1.54) is 0 Å². The predicted molar refractivity (Wildman–Crippen MR) is 59.7 cm³/mol. The summed E-state index contributed by atoms with van der Waals surface area (Å²) in [5, 5.41) is 7.32. The van der Waals surface area contributed by atoms with Gasteiger partial charge in [-0.3, -0.25) is 0 Å². The maximum Gasteiger partial charge on any atom is 0.243 e. The molecule has 1 unspecified atom stereocenters. The molecule has 0 fully saturated rings. The van der Waals surface area contributed by atoms with Crippen LogP contribution in [0.4, 0.5) is 0 Å². The van der Waals surface area contributed by atoms with Crippen LogP contribution in [0.3, 0.4) is 0 Å². The topological polar surface area (TPSA) is 51.0 Å². The summed E-state index contributed by atoms with van der Waals surface area (Å²) in [5.74, 6) is 1.42. The van der Waals surface area contributed by atoms with Gasteiger partial charge in [0, 0.05) is 11.5 Å². The molecule has 1 heterocycles. The highest BCUT2D eigenvalue weighted by Gasteiger charge is 2.23. The Hall–Kier alpha value is -0.900. The molecule has 1 N–H and O–H groups in total. The molecule has 0 radical (unpaired) electrons. The Morgan fingerprint density at radius 2 is 1.80 bits per heavy atom. The number of rotatable bonds is 3. The molecular formula is C11H21N3O. The lowest BCUT2D eigenvalue weighted by atomic mass is 9.96. The van der Waals surface area contributed by atoms with Crippen molar-refractivity contribution >= 4 is 0 Å². The molecule has 1 aromatic rings. The van der Waals surface area contributed by atoms with Crippen molar-refractivity contribution < 1.29 is 4.52 Å². The second kappa shape index (κ2) is 4.31. The lowest BCUT2D eigenvalue weighted by Crippen LogP contribution is -2.26. The summed E-state index contributed by atoms with van der Waals surface area (Å²) < 4.78 is 5.23. The highest BCUT2D eigenvalue weighted by atomic mass is 16.5. The number of aromatic nitrogens is 2. The summed E-state index contributed by atoms with van der Waals surface area (Å²) in [6.45, 7) is 12.4. The van der Waals surface area contributed by atoms with Crippen molar-refractivity contribution in [1.29, 1.82) is 0 Å². The molecular weight excluding hydrogens is 190 g/mol. The van der Waals surface area contributed by atoms with E-state index >= 15 is 0 Å². The van der Waals surface area contributed by atoms with Crippen molar-refractivity contribution in [2.75, 3.05) is 0 Å². The fraction of sp³-hybridized carbons (Fsp3) is 0.818. The van der Waals surface area contributed by atoms with Gasteiger partial charge in [0.1, 0.15) is 0 Å². The lowest BCUT2D eigenvalue weighted by Gasteiger charge is -2.13. The van der Waals surface area contributed by atoms with Gasteiger partial charge in [0.15, 0.2) is 5.82 Å². The Morgan fingerprint density at radius 1 is 1.20 bits per heavy atom. The van der Waals surface area contributed by atoms with Gasteiger partial charge in [-0.25, -0.2) is 0 Å². The second-order valence-electron chi connectivity index (χ2n) is 5.25. The molecule has 1 aromatic heterocycles. The van der Waals surface area contributed by atoms with Gasteiger partial charge in [0.05, 0.1) is 6.04 Å². The Labute approximate surface area is 91.5 Å². The molecule has 0 aliphatic rings. The highest BCUT2D eigenvalue weighted by molar-refractivity contribution is 5.01. The summed E-state index contributed by atoms with van der Waals surface area (Å²) in [6.07, 6.45) is 0. The van der Waals surface area contributed by atoms with Gasteiger partial charge in [-0.05, 0) is 6.92 Å². The minimum absolute atomic E-state index is 0.0562. The van der Waals surface area contributed by atoms with Crippen LogP contribution in [0.5, 0.6) is 0 Å². The summed E-state index contributed by atoms with van der Waals surface area (Å²) in [7, 11) is 0. The first kappa shape index (κ1) is 12.2. The van der Waals surface area contributed by atoms with E-state index in [0.29, 0.717) is 11.9 Å². The maximum absolute atomic E-state index is 5.23. The molecule has 0 spiro atoms. The Balaban J connectivity index is 2.76. The maximum atomic E-state index is 5.23. The molecule has 86 valence electrons. The molecule has 0 amide bonds. The molecule has 0 aliphatic carbocycles. The molecule has 4 nitrogen and oxygen atoms in total. The third-order valence-corrected chi connectivity index (χ3v) is 2.07. The first-order chi connectivity index (χ1) is 6.80. The van der Waals surface area contributed by atoms with E-state index in [1.807, 2.05) is 6.92 Å². The van der Waals surface area contributed by atoms with Crippen LogP contribution in [0.2, 0.25) is 0 Å².